The normalized spacial score (nSPS) is 19.5. The first kappa shape index (κ1) is 10.3. The zero-order valence-electron chi connectivity index (χ0n) is 6.85. The summed E-state index contributed by atoms with van der Waals surface area (Å²) in [5.74, 6) is 0.381. The highest BCUT2D eigenvalue weighted by Gasteiger charge is 2.29. The Labute approximate surface area is 80.1 Å². The molecular weight excluding hydrogens is 212 g/mol. The van der Waals surface area contributed by atoms with Gasteiger partial charge in [-0.1, -0.05) is 18.7 Å². The fourth-order valence-electron chi connectivity index (χ4n) is 0.790. The van der Waals surface area contributed by atoms with E-state index < -0.39 is 15.1 Å². The molecule has 0 unspecified atom stereocenters. The van der Waals surface area contributed by atoms with Crippen molar-refractivity contribution in [1.29, 1.82) is 0 Å². The molecule has 2 N–H and O–H groups in total. The highest BCUT2D eigenvalue weighted by atomic mass is 32.2. The van der Waals surface area contributed by atoms with Crippen molar-refractivity contribution in [2.24, 2.45) is 10.1 Å². The average molecular weight is 220 g/mol. The monoisotopic (exact) mass is 220 g/mol. The van der Waals surface area contributed by atoms with E-state index in [1.165, 1.54) is 0 Å². The maximum Gasteiger partial charge on any atom is 0.288 e. The molecule has 0 atom stereocenters. The van der Waals surface area contributed by atoms with Crippen molar-refractivity contribution in [3.63, 3.8) is 0 Å². The molecule has 1 rings (SSSR count). The molecule has 0 fully saturated rings. The van der Waals surface area contributed by atoms with Gasteiger partial charge < -0.3 is 5.73 Å². The maximum atomic E-state index is 11.2. The molecule has 0 aromatic carbocycles. The van der Waals surface area contributed by atoms with Gasteiger partial charge in [-0.2, -0.15) is 8.42 Å². The highest BCUT2D eigenvalue weighted by molar-refractivity contribution is 8.16. The third-order valence-electron chi connectivity index (χ3n) is 1.26. The number of hydrogen-bond donors (Lipinski definition) is 1. The van der Waals surface area contributed by atoms with Crippen LogP contribution in [0.1, 0.15) is 6.92 Å². The number of nitrogens with zero attached hydrogens (tertiary/aromatic N) is 1. The lowest BCUT2D eigenvalue weighted by Gasteiger charge is -1.96. The van der Waals surface area contributed by atoms with Gasteiger partial charge in [-0.15, -0.1) is 4.40 Å². The summed E-state index contributed by atoms with van der Waals surface area (Å²) in [5.41, 5.74) is 5.17. The van der Waals surface area contributed by atoms with Crippen LogP contribution in [-0.2, 0) is 14.8 Å². The number of carbonyl (C=O) groups excluding carboxylic acids is 1. The van der Waals surface area contributed by atoms with Crippen molar-refractivity contribution in [2.45, 2.75) is 6.92 Å². The molecule has 7 heteroatoms. The minimum atomic E-state index is -3.80. The van der Waals surface area contributed by atoms with Gasteiger partial charge in [-0.3, -0.25) is 4.79 Å². The number of thioether (sulfide) groups is 1. The van der Waals surface area contributed by atoms with Crippen molar-refractivity contribution >= 4 is 32.7 Å². The van der Waals surface area contributed by atoms with Crippen LogP contribution in [0, 0.1) is 0 Å². The van der Waals surface area contributed by atoms with Gasteiger partial charge in [0.15, 0.2) is 0 Å². The number of hydrogen-bond acceptors (Lipinski definition) is 5. The summed E-state index contributed by atoms with van der Waals surface area (Å²) in [6.07, 6.45) is 1.08. The summed E-state index contributed by atoms with van der Waals surface area (Å²) < 4.78 is 25.4. The SMILES string of the molecule is CCSC(=O)C1=CC(N)=NS1(=O)=O. The fourth-order valence-corrected chi connectivity index (χ4v) is 2.65. The summed E-state index contributed by atoms with van der Waals surface area (Å²) in [5, 5.41) is -0.508. The number of amidine groups is 1. The van der Waals surface area contributed by atoms with Gasteiger partial charge in [0, 0.05) is 6.08 Å². The van der Waals surface area contributed by atoms with E-state index in [4.69, 9.17) is 5.73 Å². The number of carbonyl (C=O) groups is 1. The molecule has 1 aliphatic heterocycles. The second-order valence-corrected chi connectivity index (χ2v) is 5.03. The van der Waals surface area contributed by atoms with Crippen LogP contribution < -0.4 is 5.73 Å². The van der Waals surface area contributed by atoms with E-state index in [9.17, 15) is 13.2 Å². The van der Waals surface area contributed by atoms with Crippen molar-refractivity contribution in [2.75, 3.05) is 5.75 Å². The average Bonchev–Trinajstić information content (AvgIpc) is 2.24. The van der Waals surface area contributed by atoms with Crippen LogP contribution in [0.2, 0.25) is 0 Å². The Morgan fingerprint density at radius 3 is 2.69 bits per heavy atom. The van der Waals surface area contributed by atoms with Crippen LogP contribution in [0.15, 0.2) is 15.4 Å². The Bertz CT molecular complexity index is 394. The quantitative estimate of drug-likeness (QED) is 0.699. The molecule has 1 heterocycles. The Kier molecular flexibility index (Phi) is 2.77. The number of nitrogens with two attached hydrogens (primary N) is 1. The lowest BCUT2D eigenvalue weighted by atomic mass is 10.5. The van der Waals surface area contributed by atoms with E-state index in [1.54, 1.807) is 6.92 Å². The smallest absolute Gasteiger partial charge is 0.288 e. The van der Waals surface area contributed by atoms with Gasteiger partial charge in [-0.25, -0.2) is 0 Å². The standard InChI is InChI=1S/C6H8N2O3S2/c1-2-12-6(9)4-3-5(7)8-13(4,10)11/h3H,2H2,1H3,(H2,7,8). The molecule has 0 saturated carbocycles. The maximum absolute atomic E-state index is 11.2. The molecule has 13 heavy (non-hydrogen) atoms. The van der Waals surface area contributed by atoms with Crippen LogP contribution in [-0.4, -0.2) is 25.1 Å². The molecule has 1 aliphatic rings. The molecule has 0 bridgehead atoms. The Balaban J connectivity index is 2.98. The summed E-state index contributed by atoms with van der Waals surface area (Å²) in [6.45, 7) is 1.76. The van der Waals surface area contributed by atoms with Crippen molar-refractivity contribution < 1.29 is 13.2 Å². The lowest BCUT2D eigenvalue weighted by molar-refractivity contribution is -0.107. The summed E-state index contributed by atoms with van der Waals surface area (Å²) in [6, 6.07) is 0. The zero-order valence-corrected chi connectivity index (χ0v) is 8.48. The van der Waals surface area contributed by atoms with Crippen molar-refractivity contribution in [3.8, 4) is 0 Å². The third kappa shape index (κ3) is 2.10. The molecule has 0 aromatic rings. The van der Waals surface area contributed by atoms with Gasteiger partial charge in [0.1, 0.15) is 10.7 Å². The van der Waals surface area contributed by atoms with Crippen LogP contribution in [0.25, 0.3) is 0 Å². The predicted molar refractivity (Wildman–Crippen MR) is 51.8 cm³/mol. The van der Waals surface area contributed by atoms with E-state index in [-0.39, 0.29) is 10.7 Å². The lowest BCUT2D eigenvalue weighted by Crippen LogP contribution is -2.05. The number of sulfonamides is 1. The van der Waals surface area contributed by atoms with Crippen LogP contribution in [0.5, 0.6) is 0 Å². The van der Waals surface area contributed by atoms with E-state index in [2.05, 4.69) is 4.40 Å². The van der Waals surface area contributed by atoms with E-state index in [0.29, 0.717) is 5.75 Å². The van der Waals surface area contributed by atoms with Gasteiger partial charge in [0.25, 0.3) is 10.0 Å². The van der Waals surface area contributed by atoms with Crippen molar-refractivity contribution in [1.82, 2.24) is 0 Å². The van der Waals surface area contributed by atoms with Crippen LogP contribution in [0.3, 0.4) is 0 Å². The molecule has 0 radical (unpaired) electrons. The zero-order chi connectivity index (χ0) is 10.1. The summed E-state index contributed by atoms with van der Waals surface area (Å²) >= 11 is 0.918. The highest BCUT2D eigenvalue weighted by Crippen LogP contribution is 2.21. The first-order chi connectivity index (χ1) is 5.97. The summed E-state index contributed by atoms with van der Waals surface area (Å²) in [4.78, 5) is 10.9. The Hall–Kier alpha value is -0.820. The van der Waals surface area contributed by atoms with Crippen LogP contribution in [0.4, 0.5) is 0 Å². The van der Waals surface area contributed by atoms with Gasteiger partial charge in [0.2, 0.25) is 5.12 Å². The molecular formula is C6H8N2O3S2. The van der Waals surface area contributed by atoms with E-state index >= 15 is 0 Å². The van der Waals surface area contributed by atoms with Gasteiger partial charge >= 0.3 is 0 Å². The first-order valence-corrected chi connectivity index (χ1v) is 5.89. The molecule has 0 saturated heterocycles. The Morgan fingerprint density at radius 1 is 1.69 bits per heavy atom. The molecule has 0 aliphatic carbocycles. The second-order valence-electron chi connectivity index (χ2n) is 2.22. The largest absolute Gasteiger partial charge is 0.383 e. The molecule has 0 amide bonds. The Morgan fingerprint density at radius 2 is 2.31 bits per heavy atom. The van der Waals surface area contributed by atoms with Gasteiger partial charge in [0.05, 0.1) is 0 Å². The fraction of sp³-hybridized carbons (Fsp3) is 0.333. The minimum Gasteiger partial charge on any atom is -0.383 e. The third-order valence-corrected chi connectivity index (χ3v) is 3.47. The molecule has 5 nitrogen and oxygen atoms in total. The van der Waals surface area contributed by atoms with E-state index in [1.807, 2.05) is 0 Å². The summed E-state index contributed by atoms with van der Waals surface area (Å²) in [7, 11) is -3.80. The number of rotatable bonds is 2. The van der Waals surface area contributed by atoms with Crippen molar-refractivity contribution in [3.05, 3.63) is 11.0 Å². The van der Waals surface area contributed by atoms with Gasteiger partial charge in [-0.05, 0) is 5.75 Å². The van der Waals surface area contributed by atoms with Crippen LogP contribution >= 0.6 is 11.8 Å². The first-order valence-electron chi connectivity index (χ1n) is 3.46. The molecule has 0 spiro atoms. The molecule has 0 aromatic heterocycles. The topological polar surface area (TPSA) is 89.6 Å². The minimum absolute atomic E-state index is 0.139. The second kappa shape index (κ2) is 3.51. The predicted octanol–water partition coefficient (Wildman–Crippen LogP) is -0.149. The molecule has 72 valence electrons. The van der Waals surface area contributed by atoms with E-state index in [0.717, 1.165) is 17.8 Å².